The Balaban J connectivity index is 1.39. The van der Waals surface area contributed by atoms with Crippen LogP contribution >= 0.6 is 0 Å². The molecule has 0 radical (unpaired) electrons. The predicted octanol–water partition coefficient (Wildman–Crippen LogP) is 4.73. The fourth-order valence-corrected chi connectivity index (χ4v) is 9.71. The number of fused-ring (bicyclic) bond motifs is 4. The van der Waals surface area contributed by atoms with Gasteiger partial charge in [-0.05, 0) is 45.2 Å². The van der Waals surface area contributed by atoms with Gasteiger partial charge >= 0.3 is 5.97 Å². The molecule has 4 aliphatic heterocycles. The molecule has 0 aromatic carbocycles. The summed E-state index contributed by atoms with van der Waals surface area (Å²) in [5.41, 5.74) is -1.69. The number of rotatable bonds is 7. The summed E-state index contributed by atoms with van der Waals surface area (Å²) in [4.78, 5) is 26.3. The summed E-state index contributed by atoms with van der Waals surface area (Å²) in [5.74, 6) is -2.64. The first-order chi connectivity index (χ1) is 19.0. The van der Waals surface area contributed by atoms with E-state index in [9.17, 15) is 9.59 Å². The van der Waals surface area contributed by atoms with E-state index in [0.717, 1.165) is 12.5 Å². The second kappa shape index (κ2) is 9.22. The summed E-state index contributed by atoms with van der Waals surface area (Å²) in [5, 5.41) is 0. The van der Waals surface area contributed by atoms with Gasteiger partial charge in [0.2, 0.25) is 0 Å². The van der Waals surface area contributed by atoms with Crippen molar-refractivity contribution in [1.82, 2.24) is 0 Å². The Morgan fingerprint density at radius 1 is 1.07 bits per heavy atom. The lowest BCUT2D eigenvalue weighted by Gasteiger charge is -2.67. The molecule has 228 valence electrons. The molecule has 41 heavy (non-hydrogen) atoms. The van der Waals surface area contributed by atoms with Gasteiger partial charge in [0.1, 0.15) is 35.3 Å². The monoisotopic (exact) mass is 590 g/mol. The van der Waals surface area contributed by atoms with Crippen molar-refractivity contribution in [3.63, 3.8) is 0 Å². The van der Waals surface area contributed by atoms with Gasteiger partial charge in [-0.3, -0.25) is 9.59 Å². The van der Waals surface area contributed by atoms with E-state index in [2.05, 4.69) is 40.1 Å². The van der Waals surface area contributed by atoms with Gasteiger partial charge in [-0.1, -0.05) is 33.1 Å². The highest BCUT2D eigenvalue weighted by atomic mass is 28.3. The van der Waals surface area contributed by atoms with E-state index in [4.69, 9.17) is 33.2 Å². The highest BCUT2D eigenvalue weighted by Crippen LogP contribution is 2.71. The van der Waals surface area contributed by atoms with Crippen molar-refractivity contribution >= 4 is 19.8 Å². The third-order valence-corrected chi connectivity index (χ3v) is 12.7. The van der Waals surface area contributed by atoms with Gasteiger partial charge in [0.05, 0.1) is 12.7 Å². The van der Waals surface area contributed by atoms with Crippen LogP contribution in [0.4, 0.5) is 0 Å². The minimum atomic E-state index is -1.25. The summed E-state index contributed by atoms with van der Waals surface area (Å²) < 4.78 is 44.3. The molecule has 6 aliphatic rings. The molecule has 0 unspecified atom stereocenters. The van der Waals surface area contributed by atoms with Gasteiger partial charge in [-0.2, -0.15) is 0 Å². The molecule has 0 N–H and O–H groups in total. The van der Waals surface area contributed by atoms with E-state index in [0.29, 0.717) is 42.8 Å². The van der Waals surface area contributed by atoms with Crippen molar-refractivity contribution in [2.24, 2.45) is 23.2 Å². The van der Waals surface area contributed by atoms with Crippen LogP contribution < -0.4 is 0 Å². The van der Waals surface area contributed by atoms with Crippen LogP contribution in [-0.4, -0.2) is 75.8 Å². The third kappa shape index (κ3) is 4.04. The molecule has 1 saturated carbocycles. The molecule has 0 amide bonds. The van der Waals surface area contributed by atoms with Gasteiger partial charge in [0, 0.05) is 57.5 Å². The number of hydrogen-bond acceptors (Lipinski definition) is 9. The van der Waals surface area contributed by atoms with Crippen LogP contribution in [0.15, 0.2) is 23.5 Å². The van der Waals surface area contributed by atoms with Crippen molar-refractivity contribution in [3.8, 4) is 0 Å². The zero-order chi connectivity index (χ0) is 29.8. The van der Waals surface area contributed by atoms with E-state index in [1.807, 2.05) is 13.8 Å². The Morgan fingerprint density at radius 3 is 2.49 bits per heavy atom. The summed E-state index contributed by atoms with van der Waals surface area (Å²) in [6, 6.07) is 1.05. The minimum Gasteiger partial charge on any atom is -0.486 e. The van der Waals surface area contributed by atoms with E-state index >= 15 is 0 Å². The first kappa shape index (κ1) is 29.5. The number of hydrogen-bond donors (Lipinski definition) is 0. The van der Waals surface area contributed by atoms with E-state index < -0.39 is 54.3 Å². The summed E-state index contributed by atoms with van der Waals surface area (Å²) in [7, 11) is 0.365. The van der Waals surface area contributed by atoms with E-state index in [1.54, 1.807) is 7.11 Å². The second-order valence-corrected chi connectivity index (χ2v) is 20.7. The number of ether oxygens (including phenoxy) is 7. The zero-order valence-electron chi connectivity index (χ0n) is 25.8. The number of cyclic esters (lactones) is 1. The number of ketones is 1. The Kier molecular flexibility index (Phi) is 6.64. The molecule has 0 aromatic rings. The molecule has 10 heteroatoms. The summed E-state index contributed by atoms with van der Waals surface area (Å²) in [6.07, 6.45) is 1.76. The fourth-order valence-electron chi connectivity index (χ4n) is 8.96. The highest BCUT2D eigenvalue weighted by Gasteiger charge is 2.81. The smallest absolute Gasteiger partial charge is 0.317 e. The van der Waals surface area contributed by atoms with Crippen LogP contribution in [0, 0.1) is 23.2 Å². The maximum Gasteiger partial charge on any atom is 0.317 e. The van der Waals surface area contributed by atoms with Gasteiger partial charge in [-0.15, -0.1) is 0 Å². The normalized spacial score (nSPS) is 44.5. The maximum absolute atomic E-state index is 13.8. The average molecular weight is 591 g/mol. The molecule has 4 fully saturated rings. The Morgan fingerprint density at radius 2 is 1.80 bits per heavy atom. The molecule has 1 spiro atoms. The number of allylic oxidation sites excluding steroid dienone is 2. The van der Waals surface area contributed by atoms with Crippen LogP contribution in [-0.2, 0) is 42.7 Å². The first-order valence-corrected chi connectivity index (χ1v) is 18.7. The topological polar surface area (TPSA) is 98.8 Å². The van der Waals surface area contributed by atoms with Crippen LogP contribution in [0.5, 0.6) is 0 Å². The summed E-state index contributed by atoms with van der Waals surface area (Å²) in [6.45, 7) is 20.6. The van der Waals surface area contributed by atoms with Gasteiger partial charge in [0.15, 0.2) is 5.78 Å². The van der Waals surface area contributed by atoms with Crippen molar-refractivity contribution in [1.29, 1.82) is 0 Å². The number of methoxy groups -OCH3 is 1. The van der Waals surface area contributed by atoms with Gasteiger partial charge < -0.3 is 33.2 Å². The quantitative estimate of drug-likeness (QED) is 0.137. The van der Waals surface area contributed by atoms with E-state index in [1.165, 1.54) is 0 Å². The molecule has 0 aromatic heterocycles. The molecule has 4 heterocycles. The van der Waals surface area contributed by atoms with Gasteiger partial charge in [0.25, 0.3) is 5.97 Å². The Hall–Kier alpha value is -1.56. The lowest BCUT2D eigenvalue weighted by molar-refractivity contribution is -0.398. The van der Waals surface area contributed by atoms with Crippen LogP contribution in [0.1, 0.15) is 53.4 Å². The SMILES string of the molecule is C=C1C2=C(C[C@H]3[C@](C)(C[C@H](OCOCC[Si](C)(C)C)[C@]45O[C@](OC)(CC[C@]34C)OC5(C)C)O2)C(=O)[C@@H]2C(=O)OC[C@H]12. The fraction of sp³-hybridized carbons (Fsp3) is 0.806. The van der Waals surface area contributed by atoms with Crippen LogP contribution in [0.3, 0.4) is 0 Å². The largest absolute Gasteiger partial charge is 0.486 e. The molecule has 8 atom stereocenters. The Bertz CT molecular complexity index is 1200. The van der Waals surface area contributed by atoms with Crippen molar-refractivity contribution in [2.45, 2.75) is 108 Å². The third-order valence-electron chi connectivity index (χ3n) is 11.0. The van der Waals surface area contributed by atoms with Crippen LogP contribution in [0.25, 0.3) is 0 Å². The molecular formula is C31H46O9Si. The maximum atomic E-state index is 13.8. The predicted molar refractivity (Wildman–Crippen MR) is 151 cm³/mol. The molecule has 9 nitrogen and oxygen atoms in total. The summed E-state index contributed by atoms with van der Waals surface area (Å²) >= 11 is 0. The molecule has 3 saturated heterocycles. The standard InChI is InChI=1S/C31H46O9Si/c1-18-20-16-36-26(33)23(20)24(32)19-14-21-28(4)10-11-30(34-6)39-27(2,3)31(28,40-30)22(15-29(21,5)38-25(18)19)37-17-35-12-13-41(7,8)9/h20-23H,1,10-17H2,2-9H3/t20-,21-,22+,23-,28-,29+,30+,31-/m1/s1. The molecule has 2 aliphatic carbocycles. The minimum absolute atomic E-state index is 0.122. The molecule has 6 rings (SSSR count). The van der Waals surface area contributed by atoms with Gasteiger partial charge in [-0.25, -0.2) is 0 Å². The first-order valence-electron chi connectivity index (χ1n) is 15.0. The number of esters is 1. The zero-order valence-corrected chi connectivity index (χ0v) is 26.8. The van der Waals surface area contributed by atoms with Crippen molar-refractivity contribution < 1.29 is 42.7 Å². The highest BCUT2D eigenvalue weighted by molar-refractivity contribution is 6.76. The Labute approximate surface area is 244 Å². The second-order valence-electron chi connectivity index (χ2n) is 15.0. The number of carbonyl (C=O) groups excluding carboxylic acids is 2. The van der Waals surface area contributed by atoms with Crippen molar-refractivity contribution in [2.75, 3.05) is 27.1 Å². The average Bonchev–Trinajstić information content (AvgIpc) is 3.37. The lowest BCUT2D eigenvalue weighted by Crippen LogP contribution is -2.76. The number of Topliss-reactive ketones (excluding diaryl/α,β-unsaturated/α-hetero) is 1. The number of carbonyl (C=O) groups is 2. The van der Waals surface area contributed by atoms with Crippen molar-refractivity contribution in [3.05, 3.63) is 23.5 Å². The van der Waals surface area contributed by atoms with Crippen LogP contribution in [0.2, 0.25) is 25.7 Å². The van der Waals surface area contributed by atoms with E-state index in [-0.39, 0.29) is 31.0 Å². The molecule has 2 bridgehead atoms. The lowest BCUT2D eigenvalue weighted by atomic mass is 9.45. The molecular weight excluding hydrogens is 544 g/mol.